The second kappa shape index (κ2) is 5.51. The smallest absolute Gasteiger partial charge is 0.272 e. The zero-order valence-corrected chi connectivity index (χ0v) is 10.4. The number of carbonyl (C=O) groups excluding carboxylic acids is 1. The number of amides is 1. The molecule has 2 aromatic rings. The molecule has 0 spiro atoms. The largest absolute Gasteiger partial charge is 0.460 e. The Balaban J connectivity index is 2.01. The lowest BCUT2D eigenvalue weighted by Gasteiger charge is -2.00. The van der Waals surface area contributed by atoms with Crippen LogP contribution in [0.25, 0.3) is 0 Å². The summed E-state index contributed by atoms with van der Waals surface area (Å²) < 4.78 is 5.27. The van der Waals surface area contributed by atoms with Crippen molar-refractivity contribution < 1.29 is 9.21 Å². The third kappa shape index (κ3) is 2.99. The van der Waals surface area contributed by atoms with Crippen molar-refractivity contribution in [1.82, 2.24) is 5.43 Å². The van der Waals surface area contributed by atoms with Crippen LogP contribution in [0.5, 0.6) is 0 Å². The van der Waals surface area contributed by atoms with Crippen molar-refractivity contribution in [2.45, 2.75) is 6.92 Å². The Kier molecular flexibility index (Phi) is 3.79. The summed E-state index contributed by atoms with van der Waals surface area (Å²) in [7, 11) is 0. The molecule has 0 saturated carbocycles. The van der Waals surface area contributed by atoms with Gasteiger partial charge in [-0.1, -0.05) is 23.7 Å². The molecule has 1 heterocycles. The minimum atomic E-state index is -0.361. The number of benzene rings is 1. The summed E-state index contributed by atoms with van der Waals surface area (Å²) in [6.45, 7) is 1.83. The molecule has 0 unspecified atom stereocenters. The van der Waals surface area contributed by atoms with Gasteiger partial charge in [0.05, 0.1) is 16.8 Å². The minimum Gasteiger partial charge on any atom is -0.460 e. The molecule has 18 heavy (non-hydrogen) atoms. The van der Waals surface area contributed by atoms with Gasteiger partial charge in [-0.05, 0) is 31.2 Å². The maximum absolute atomic E-state index is 11.7. The fraction of sp³-hybridized carbons (Fsp3) is 0.0769. The van der Waals surface area contributed by atoms with Crippen molar-refractivity contribution >= 4 is 23.7 Å². The van der Waals surface area contributed by atoms with Crippen LogP contribution in [0.1, 0.15) is 21.9 Å². The summed E-state index contributed by atoms with van der Waals surface area (Å²) >= 11 is 5.89. The molecular formula is C13H11ClN2O2. The van der Waals surface area contributed by atoms with Crippen molar-refractivity contribution in [3.8, 4) is 0 Å². The maximum atomic E-state index is 11.7. The van der Waals surface area contributed by atoms with Gasteiger partial charge in [0.2, 0.25) is 0 Å². The Labute approximate surface area is 109 Å². The predicted molar refractivity (Wildman–Crippen MR) is 70.0 cm³/mol. The van der Waals surface area contributed by atoms with Gasteiger partial charge in [-0.2, -0.15) is 5.10 Å². The number of aryl methyl sites for hydroxylation is 1. The van der Waals surface area contributed by atoms with Gasteiger partial charge in [0.15, 0.2) is 0 Å². The van der Waals surface area contributed by atoms with Crippen LogP contribution in [-0.2, 0) is 0 Å². The molecule has 0 aliphatic rings. The first-order chi connectivity index (χ1) is 8.66. The third-order valence-electron chi connectivity index (χ3n) is 2.24. The molecule has 0 bridgehead atoms. The normalized spacial score (nSPS) is 10.8. The molecular weight excluding hydrogens is 252 g/mol. The Morgan fingerprint density at radius 2 is 2.11 bits per heavy atom. The molecule has 0 radical (unpaired) electrons. The van der Waals surface area contributed by atoms with Crippen LogP contribution in [0, 0.1) is 6.92 Å². The van der Waals surface area contributed by atoms with Crippen LogP contribution in [-0.4, -0.2) is 12.1 Å². The van der Waals surface area contributed by atoms with E-state index in [1.807, 2.05) is 13.0 Å². The van der Waals surface area contributed by atoms with Gasteiger partial charge in [0, 0.05) is 0 Å². The summed E-state index contributed by atoms with van der Waals surface area (Å²) in [4.78, 5) is 11.7. The molecule has 4 nitrogen and oxygen atoms in total. The molecule has 0 aliphatic carbocycles. The van der Waals surface area contributed by atoms with E-state index in [0.717, 1.165) is 5.76 Å². The Morgan fingerprint density at radius 1 is 1.33 bits per heavy atom. The average molecular weight is 263 g/mol. The van der Waals surface area contributed by atoms with Crippen LogP contribution in [0.3, 0.4) is 0 Å². The monoisotopic (exact) mass is 262 g/mol. The first-order valence-electron chi connectivity index (χ1n) is 5.31. The lowest BCUT2D eigenvalue weighted by atomic mass is 10.2. The highest BCUT2D eigenvalue weighted by Gasteiger charge is 2.07. The summed E-state index contributed by atoms with van der Waals surface area (Å²) in [6.07, 6.45) is 1.43. The SMILES string of the molecule is Cc1ccc(C=NNC(=O)c2ccccc2Cl)o1. The van der Waals surface area contributed by atoms with E-state index in [4.69, 9.17) is 16.0 Å². The first-order valence-corrected chi connectivity index (χ1v) is 5.69. The molecule has 5 heteroatoms. The van der Waals surface area contributed by atoms with Gasteiger partial charge < -0.3 is 4.42 Å². The van der Waals surface area contributed by atoms with Crippen molar-refractivity contribution in [2.75, 3.05) is 0 Å². The molecule has 0 saturated heterocycles. The van der Waals surface area contributed by atoms with Crippen molar-refractivity contribution in [1.29, 1.82) is 0 Å². The van der Waals surface area contributed by atoms with Gasteiger partial charge in [0.25, 0.3) is 5.91 Å². The highest BCUT2D eigenvalue weighted by Crippen LogP contribution is 2.14. The van der Waals surface area contributed by atoms with E-state index in [2.05, 4.69) is 10.5 Å². The number of furan rings is 1. The number of halogens is 1. The van der Waals surface area contributed by atoms with E-state index < -0.39 is 0 Å². The van der Waals surface area contributed by atoms with Crippen molar-refractivity contribution in [2.24, 2.45) is 5.10 Å². The van der Waals surface area contributed by atoms with Crippen LogP contribution in [0.15, 0.2) is 45.9 Å². The number of rotatable bonds is 3. The summed E-state index contributed by atoms with van der Waals surface area (Å²) in [5.74, 6) is 1.00. The maximum Gasteiger partial charge on any atom is 0.272 e. The van der Waals surface area contributed by atoms with Gasteiger partial charge in [-0.15, -0.1) is 0 Å². The van der Waals surface area contributed by atoms with E-state index in [-0.39, 0.29) is 5.91 Å². The number of hydrogen-bond acceptors (Lipinski definition) is 3. The van der Waals surface area contributed by atoms with E-state index in [1.54, 1.807) is 30.3 Å². The molecule has 0 aliphatic heterocycles. The predicted octanol–water partition coefficient (Wildman–Crippen LogP) is 3.01. The second-order valence-corrected chi connectivity index (χ2v) is 4.03. The Bertz CT molecular complexity index is 590. The lowest BCUT2D eigenvalue weighted by molar-refractivity contribution is 0.0955. The lowest BCUT2D eigenvalue weighted by Crippen LogP contribution is -2.17. The Morgan fingerprint density at radius 3 is 2.78 bits per heavy atom. The quantitative estimate of drug-likeness (QED) is 0.683. The molecule has 1 aromatic carbocycles. The molecule has 1 amide bonds. The summed E-state index contributed by atoms with van der Waals surface area (Å²) in [5, 5.41) is 4.18. The average Bonchev–Trinajstić information content (AvgIpc) is 2.75. The van der Waals surface area contributed by atoms with E-state index in [9.17, 15) is 4.79 Å². The number of hydrogen-bond donors (Lipinski definition) is 1. The van der Waals surface area contributed by atoms with Crippen LogP contribution in [0.2, 0.25) is 5.02 Å². The summed E-state index contributed by atoms with van der Waals surface area (Å²) in [6, 6.07) is 10.4. The highest BCUT2D eigenvalue weighted by atomic mass is 35.5. The van der Waals surface area contributed by atoms with Crippen LogP contribution >= 0.6 is 11.6 Å². The van der Waals surface area contributed by atoms with E-state index in [1.165, 1.54) is 6.21 Å². The number of hydrazone groups is 1. The topological polar surface area (TPSA) is 54.6 Å². The van der Waals surface area contributed by atoms with Crippen molar-refractivity contribution in [3.63, 3.8) is 0 Å². The fourth-order valence-corrected chi connectivity index (χ4v) is 1.60. The van der Waals surface area contributed by atoms with E-state index in [0.29, 0.717) is 16.3 Å². The number of carbonyl (C=O) groups is 1. The second-order valence-electron chi connectivity index (χ2n) is 3.63. The molecule has 2 rings (SSSR count). The Hall–Kier alpha value is -2.07. The summed E-state index contributed by atoms with van der Waals surface area (Å²) in [5.41, 5.74) is 2.77. The van der Waals surface area contributed by atoms with Gasteiger partial charge in [-0.25, -0.2) is 5.43 Å². The number of nitrogens with one attached hydrogen (secondary N) is 1. The standard InChI is InChI=1S/C13H11ClN2O2/c1-9-6-7-10(18-9)8-15-16-13(17)11-4-2-3-5-12(11)14/h2-8H,1H3,(H,16,17). The number of nitrogens with zero attached hydrogens (tertiary/aromatic N) is 1. The molecule has 0 fully saturated rings. The zero-order chi connectivity index (χ0) is 13.0. The van der Waals surface area contributed by atoms with Gasteiger partial charge in [-0.3, -0.25) is 4.79 Å². The molecule has 0 atom stereocenters. The minimum absolute atomic E-state index is 0.361. The van der Waals surface area contributed by atoms with Gasteiger partial charge in [0.1, 0.15) is 11.5 Å². The van der Waals surface area contributed by atoms with E-state index >= 15 is 0 Å². The molecule has 92 valence electrons. The van der Waals surface area contributed by atoms with Crippen LogP contribution < -0.4 is 5.43 Å². The zero-order valence-electron chi connectivity index (χ0n) is 9.68. The third-order valence-corrected chi connectivity index (χ3v) is 2.57. The van der Waals surface area contributed by atoms with Crippen molar-refractivity contribution in [3.05, 3.63) is 58.5 Å². The molecule has 1 aromatic heterocycles. The van der Waals surface area contributed by atoms with Gasteiger partial charge >= 0.3 is 0 Å². The molecule has 1 N–H and O–H groups in total. The fourth-order valence-electron chi connectivity index (χ4n) is 1.38. The first kappa shape index (κ1) is 12.4. The highest BCUT2D eigenvalue weighted by molar-refractivity contribution is 6.33. The van der Waals surface area contributed by atoms with Crippen LogP contribution in [0.4, 0.5) is 0 Å².